The van der Waals surface area contributed by atoms with Gasteiger partial charge in [-0.2, -0.15) is 11.8 Å². The van der Waals surface area contributed by atoms with Gasteiger partial charge in [0.25, 0.3) is 0 Å². The average molecular weight is 296 g/mol. The van der Waals surface area contributed by atoms with E-state index in [2.05, 4.69) is 0 Å². The van der Waals surface area contributed by atoms with E-state index in [1.807, 2.05) is 6.26 Å². The fourth-order valence-corrected chi connectivity index (χ4v) is 1.26. The van der Waals surface area contributed by atoms with Crippen molar-refractivity contribution in [2.24, 2.45) is 11.5 Å². The highest BCUT2D eigenvalue weighted by Gasteiger charge is 2.12. The van der Waals surface area contributed by atoms with Gasteiger partial charge in [-0.15, -0.1) is 0 Å². The smallest absolute Gasteiger partial charge is 0.320 e. The molecular weight excluding hydrogens is 276 g/mol. The molecule has 2 unspecified atom stereocenters. The van der Waals surface area contributed by atoms with Crippen LogP contribution < -0.4 is 11.5 Å². The number of nitrogens with two attached hydrogens (primary N) is 2. The van der Waals surface area contributed by atoms with Gasteiger partial charge in [0.2, 0.25) is 0 Å². The SMILES string of the molecule is CSCCC(N)C(=O)O.NC(CCC(=O)O)C(=O)O. The average Bonchev–Trinajstić information content (AvgIpc) is 2.33. The highest BCUT2D eigenvalue weighted by molar-refractivity contribution is 7.98. The first-order valence-corrected chi connectivity index (χ1v) is 6.79. The number of thioether (sulfide) groups is 1. The molecule has 9 heteroatoms. The maximum Gasteiger partial charge on any atom is 0.320 e. The molecule has 0 rings (SSSR count). The Morgan fingerprint density at radius 2 is 1.42 bits per heavy atom. The molecule has 2 atom stereocenters. The normalized spacial score (nSPS) is 12.8. The van der Waals surface area contributed by atoms with Crippen LogP contribution in [0.25, 0.3) is 0 Å². The van der Waals surface area contributed by atoms with Crippen molar-refractivity contribution >= 4 is 29.7 Å². The molecule has 19 heavy (non-hydrogen) atoms. The molecule has 0 saturated heterocycles. The molecule has 0 aliphatic rings. The minimum atomic E-state index is -1.17. The monoisotopic (exact) mass is 296 g/mol. The van der Waals surface area contributed by atoms with Crippen molar-refractivity contribution in [3.63, 3.8) is 0 Å². The van der Waals surface area contributed by atoms with Gasteiger partial charge in [0.05, 0.1) is 0 Å². The molecular formula is C10H20N2O6S. The Balaban J connectivity index is 0. The highest BCUT2D eigenvalue weighted by atomic mass is 32.2. The largest absolute Gasteiger partial charge is 0.481 e. The van der Waals surface area contributed by atoms with Crippen LogP contribution >= 0.6 is 11.8 Å². The fraction of sp³-hybridized carbons (Fsp3) is 0.700. The Morgan fingerprint density at radius 1 is 1.00 bits per heavy atom. The topological polar surface area (TPSA) is 164 Å². The first-order valence-electron chi connectivity index (χ1n) is 5.39. The predicted molar refractivity (Wildman–Crippen MR) is 71.1 cm³/mol. The number of hydrogen-bond donors (Lipinski definition) is 5. The van der Waals surface area contributed by atoms with Crippen molar-refractivity contribution in [2.45, 2.75) is 31.3 Å². The number of rotatable bonds is 8. The van der Waals surface area contributed by atoms with E-state index in [0.29, 0.717) is 6.42 Å². The van der Waals surface area contributed by atoms with Gasteiger partial charge in [-0.3, -0.25) is 14.4 Å². The number of carboxylic acids is 3. The zero-order valence-corrected chi connectivity index (χ0v) is 11.4. The third-order valence-corrected chi connectivity index (χ3v) is 2.58. The molecule has 0 aromatic rings. The summed E-state index contributed by atoms with van der Waals surface area (Å²) in [4.78, 5) is 29.9. The lowest BCUT2D eigenvalue weighted by Crippen LogP contribution is -2.30. The Hall–Kier alpha value is -1.32. The standard InChI is InChI=1S/C5H9NO4.C5H11NO2S/c6-3(5(9)10)1-2-4(7)8;1-9-3-2-4(6)5(7)8/h3H,1-2,6H2,(H,7,8)(H,9,10);4H,2-3,6H2,1H3,(H,7,8). The molecule has 0 saturated carbocycles. The second-order valence-corrected chi connectivity index (χ2v) is 4.59. The highest BCUT2D eigenvalue weighted by Crippen LogP contribution is 1.97. The van der Waals surface area contributed by atoms with Crippen LogP contribution in [0.4, 0.5) is 0 Å². The van der Waals surface area contributed by atoms with Crippen molar-refractivity contribution in [3.05, 3.63) is 0 Å². The Kier molecular flexibility index (Phi) is 12.4. The molecule has 0 aliphatic carbocycles. The second-order valence-electron chi connectivity index (χ2n) is 3.60. The van der Waals surface area contributed by atoms with Gasteiger partial charge in [0.1, 0.15) is 12.1 Å². The summed E-state index contributed by atoms with van der Waals surface area (Å²) in [5, 5.41) is 24.5. The quantitative estimate of drug-likeness (QED) is 0.394. The summed E-state index contributed by atoms with van der Waals surface area (Å²) in [6.07, 6.45) is 2.25. The van der Waals surface area contributed by atoms with Crippen LogP contribution in [0.15, 0.2) is 0 Å². The van der Waals surface area contributed by atoms with Crippen molar-refractivity contribution in [1.29, 1.82) is 0 Å². The summed E-state index contributed by atoms with van der Waals surface area (Å²) in [5.41, 5.74) is 10.2. The maximum atomic E-state index is 10.1. The summed E-state index contributed by atoms with van der Waals surface area (Å²) in [6.45, 7) is 0. The summed E-state index contributed by atoms with van der Waals surface area (Å²) in [7, 11) is 0. The van der Waals surface area contributed by atoms with E-state index < -0.39 is 30.0 Å². The number of hydrogen-bond acceptors (Lipinski definition) is 6. The summed E-state index contributed by atoms with van der Waals surface area (Å²) < 4.78 is 0. The summed E-state index contributed by atoms with van der Waals surface area (Å²) >= 11 is 1.60. The van der Waals surface area contributed by atoms with E-state index in [0.717, 1.165) is 5.75 Å². The van der Waals surface area contributed by atoms with Gasteiger partial charge in [0.15, 0.2) is 0 Å². The molecule has 0 radical (unpaired) electrons. The van der Waals surface area contributed by atoms with E-state index in [-0.39, 0.29) is 12.8 Å². The molecule has 0 aromatic carbocycles. The van der Waals surface area contributed by atoms with Crippen molar-refractivity contribution < 1.29 is 29.7 Å². The van der Waals surface area contributed by atoms with E-state index in [1.165, 1.54) is 0 Å². The number of aliphatic carboxylic acids is 3. The van der Waals surface area contributed by atoms with Crippen LogP contribution in [0, 0.1) is 0 Å². The third kappa shape index (κ3) is 14.6. The lowest BCUT2D eigenvalue weighted by Gasteiger charge is -2.02. The van der Waals surface area contributed by atoms with Crippen molar-refractivity contribution in [3.8, 4) is 0 Å². The summed E-state index contributed by atoms with van der Waals surface area (Å²) in [6, 6.07) is -1.74. The minimum Gasteiger partial charge on any atom is -0.481 e. The van der Waals surface area contributed by atoms with E-state index in [9.17, 15) is 14.4 Å². The van der Waals surface area contributed by atoms with Crippen LogP contribution in [-0.2, 0) is 14.4 Å². The van der Waals surface area contributed by atoms with Crippen LogP contribution in [0.2, 0.25) is 0 Å². The zero-order valence-electron chi connectivity index (χ0n) is 10.6. The molecule has 7 N–H and O–H groups in total. The zero-order chi connectivity index (χ0) is 15.4. The molecule has 0 spiro atoms. The van der Waals surface area contributed by atoms with Crippen molar-refractivity contribution in [1.82, 2.24) is 0 Å². The molecule has 0 aliphatic heterocycles. The Labute approximate surface area is 115 Å². The van der Waals surface area contributed by atoms with Crippen LogP contribution in [0.3, 0.4) is 0 Å². The molecule has 0 aromatic heterocycles. The molecule has 112 valence electrons. The van der Waals surface area contributed by atoms with E-state index in [1.54, 1.807) is 11.8 Å². The van der Waals surface area contributed by atoms with Crippen molar-refractivity contribution in [2.75, 3.05) is 12.0 Å². The van der Waals surface area contributed by atoms with Gasteiger partial charge >= 0.3 is 17.9 Å². The molecule has 0 bridgehead atoms. The lowest BCUT2D eigenvalue weighted by molar-refractivity contribution is -0.140. The Morgan fingerprint density at radius 3 is 1.74 bits per heavy atom. The minimum absolute atomic E-state index is 0.0231. The summed E-state index contributed by atoms with van der Waals surface area (Å²) in [5.74, 6) is -2.30. The van der Waals surface area contributed by atoms with Crippen LogP contribution in [0.5, 0.6) is 0 Å². The van der Waals surface area contributed by atoms with Crippen LogP contribution in [-0.4, -0.2) is 57.3 Å². The van der Waals surface area contributed by atoms with Gasteiger partial charge in [-0.1, -0.05) is 0 Å². The first kappa shape index (κ1) is 20.0. The van der Waals surface area contributed by atoms with Gasteiger partial charge < -0.3 is 26.8 Å². The van der Waals surface area contributed by atoms with Gasteiger partial charge in [0, 0.05) is 6.42 Å². The number of carbonyl (C=O) groups is 3. The first-order chi connectivity index (χ1) is 8.72. The molecule has 0 fully saturated rings. The predicted octanol–water partition coefficient (Wildman–Crippen LogP) is -0.585. The van der Waals surface area contributed by atoms with Crippen LogP contribution in [0.1, 0.15) is 19.3 Å². The maximum absolute atomic E-state index is 10.1. The molecule has 0 amide bonds. The van der Waals surface area contributed by atoms with E-state index in [4.69, 9.17) is 26.8 Å². The molecule has 8 nitrogen and oxygen atoms in total. The molecule has 0 heterocycles. The second kappa shape index (κ2) is 11.8. The fourth-order valence-electron chi connectivity index (χ4n) is 0.771. The third-order valence-electron chi connectivity index (χ3n) is 1.94. The van der Waals surface area contributed by atoms with Gasteiger partial charge in [-0.05, 0) is 24.9 Å². The number of carboxylic acid groups (broad SMARTS) is 3. The van der Waals surface area contributed by atoms with Gasteiger partial charge in [-0.25, -0.2) is 0 Å². The Bertz CT molecular complexity index is 300. The van der Waals surface area contributed by atoms with E-state index >= 15 is 0 Å². The lowest BCUT2D eigenvalue weighted by atomic mass is 10.2.